The van der Waals surface area contributed by atoms with Gasteiger partial charge >= 0.3 is 5.97 Å². The Morgan fingerprint density at radius 3 is 2.48 bits per heavy atom. The largest absolute Gasteiger partial charge is 0.493 e. The summed E-state index contributed by atoms with van der Waals surface area (Å²) in [6.45, 7) is -0.453. The predicted octanol–water partition coefficient (Wildman–Crippen LogP) is 1.36. The molecule has 9 heteroatoms. The van der Waals surface area contributed by atoms with Gasteiger partial charge in [0.05, 0.1) is 25.8 Å². The van der Waals surface area contributed by atoms with E-state index in [2.05, 4.69) is 10.4 Å². The van der Waals surface area contributed by atoms with Gasteiger partial charge in [-0.15, -0.1) is 0 Å². The molecule has 0 bridgehead atoms. The lowest BCUT2D eigenvalue weighted by atomic mass is 10.1. The van der Waals surface area contributed by atoms with Gasteiger partial charge < -0.3 is 19.9 Å². The second-order valence-electron chi connectivity index (χ2n) is 6.12. The van der Waals surface area contributed by atoms with E-state index in [0.29, 0.717) is 16.7 Å². The van der Waals surface area contributed by atoms with Gasteiger partial charge in [-0.05, 0) is 17.7 Å². The van der Waals surface area contributed by atoms with E-state index in [1.807, 2.05) is 0 Å². The second kappa shape index (κ2) is 8.42. The Morgan fingerprint density at radius 2 is 1.86 bits per heavy atom. The molecule has 1 aromatic heterocycles. The Kier molecular flexibility index (Phi) is 5.77. The summed E-state index contributed by atoms with van der Waals surface area (Å²) < 4.78 is 11.5. The highest BCUT2D eigenvalue weighted by molar-refractivity contribution is 5.90. The van der Waals surface area contributed by atoms with E-state index < -0.39 is 30.0 Å². The van der Waals surface area contributed by atoms with Crippen LogP contribution in [0.25, 0.3) is 10.8 Å². The van der Waals surface area contributed by atoms with E-state index in [1.165, 1.54) is 20.4 Å². The fraction of sp³-hybridized carbons (Fsp3) is 0.200. The normalized spacial score (nSPS) is 11.7. The summed E-state index contributed by atoms with van der Waals surface area (Å²) in [5.41, 5.74) is -0.140. The van der Waals surface area contributed by atoms with Crippen molar-refractivity contribution >= 4 is 22.6 Å². The summed E-state index contributed by atoms with van der Waals surface area (Å²) in [6.07, 6.45) is 1.43. The van der Waals surface area contributed by atoms with Crippen LogP contribution in [0.15, 0.2) is 53.5 Å². The SMILES string of the molecule is COc1ccc2cnn(CC(=O)N[C@H](C(=O)O)c3ccccc3)c(=O)c2c1OC. The molecule has 2 N–H and O–H groups in total. The molecule has 0 saturated carbocycles. The molecule has 0 aliphatic rings. The summed E-state index contributed by atoms with van der Waals surface area (Å²) in [5.74, 6) is -1.28. The first-order chi connectivity index (χ1) is 14.0. The number of ether oxygens (including phenoxy) is 2. The number of nitrogens with one attached hydrogen (secondary N) is 1. The fourth-order valence-electron chi connectivity index (χ4n) is 2.97. The number of nitrogens with zero attached hydrogens (tertiary/aromatic N) is 2. The highest BCUT2D eigenvalue weighted by Crippen LogP contribution is 2.32. The molecule has 0 aliphatic carbocycles. The Bertz CT molecular complexity index is 1110. The molecular weight excluding hydrogens is 378 g/mol. The first-order valence-electron chi connectivity index (χ1n) is 8.64. The third-order valence-electron chi connectivity index (χ3n) is 4.34. The number of aliphatic carboxylic acids is 1. The van der Waals surface area contributed by atoms with Crippen LogP contribution in [0.2, 0.25) is 0 Å². The van der Waals surface area contributed by atoms with Gasteiger partial charge in [-0.2, -0.15) is 5.10 Å². The maximum absolute atomic E-state index is 12.9. The van der Waals surface area contributed by atoms with Crippen molar-refractivity contribution in [1.82, 2.24) is 15.1 Å². The van der Waals surface area contributed by atoms with Crippen LogP contribution in [0, 0.1) is 0 Å². The van der Waals surface area contributed by atoms with Gasteiger partial charge in [0, 0.05) is 5.39 Å². The van der Waals surface area contributed by atoms with Gasteiger partial charge in [-0.1, -0.05) is 30.3 Å². The molecule has 1 heterocycles. The predicted molar refractivity (Wildman–Crippen MR) is 104 cm³/mol. The molecule has 0 fully saturated rings. The molecule has 0 radical (unpaired) electrons. The van der Waals surface area contributed by atoms with Crippen molar-refractivity contribution in [1.29, 1.82) is 0 Å². The van der Waals surface area contributed by atoms with Crippen molar-refractivity contribution in [3.8, 4) is 11.5 Å². The number of hydrogen-bond donors (Lipinski definition) is 2. The number of carbonyl (C=O) groups excluding carboxylic acids is 1. The number of aromatic nitrogens is 2. The number of carboxylic acid groups (broad SMARTS) is 1. The molecule has 2 aromatic carbocycles. The second-order valence-corrected chi connectivity index (χ2v) is 6.12. The highest BCUT2D eigenvalue weighted by Gasteiger charge is 2.23. The zero-order chi connectivity index (χ0) is 21.0. The lowest BCUT2D eigenvalue weighted by Gasteiger charge is -2.15. The standard InChI is InChI=1S/C20H19N3O6/c1-28-14-9-8-13-10-21-23(19(25)16(13)18(14)29-2)11-15(24)22-17(20(26)27)12-6-4-3-5-7-12/h3-10,17H,11H2,1-2H3,(H,22,24)(H,26,27)/t17-/m0/s1. The summed E-state index contributed by atoms with van der Waals surface area (Å²) in [6, 6.07) is 10.3. The molecule has 0 saturated heterocycles. The maximum Gasteiger partial charge on any atom is 0.330 e. The molecule has 0 spiro atoms. The first kappa shape index (κ1) is 19.9. The van der Waals surface area contributed by atoms with Crippen LogP contribution in [0.4, 0.5) is 0 Å². The number of amides is 1. The topological polar surface area (TPSA) is 120 Å². The minimum absolute atomic E-state index is 0.215. The quantitative estimate of drug-likeness (QED) is 0.618. The Morgan fingerprint density at radius 1 is 1.14 bits per heavy atom. The minimum atomic E-state index is -1.24. The number of fused-ring (bicyclic) bond motifs is 1. The molecule has 0 unspecified atom stereocenters. The monoisotopic (exact) mass is 397 g/mol. The van der Waals surface area contributed by atoms with E-state index in [-0.39, 0.29) is 11.1 Å². The van der Waals surface area contributed by atoms with Crippen LogP contribution in [0.1, 0.15) is 11.6 Å². The molecule has 3 aromatic rings. The van der Waals surface area contributed by atoms with Crippen LogP contribution in [-0.4, -0.2) is 41.0 Å². The molecule has 1 amide bonds. The van der Waals surface area contributed by atoms with Crippen molar-refractivity contribution in [2.24, 2.45) is 0 Å². The smallest absolute Gasteiger partial charge is 0.330 e. The molecule has 1 atom stereocenters. The zero-order valence-corrected chi connectivity index (χ0v) is 15.8. The van der Waals surface area contributed by atoms with E-state index in [1.54, 1.807) is 42.5 Å². The minimum Gasteiger partial charge on any atom is -0.493 e. The third-order valence-corrected chi connectivity index (χ3v) is 4.34. The Balaban J connectivity index is 1.91. The van der Waals surface area contributed by atoms with Crippen LogP contribution >= 0.6 is 0 Å². The number of carbonyl (C=O) groups is 2. The van der Waals surface area contributed by atoms with Gasteiger partial charge in [-0.25, -0.2) is 9.48 Å². The summed E-state index contributed by atoms with van der Waals surface area (Å²) in [7, 11) is 2.86. The zero-order valence-electron chi connectivity index (χ0n) is 15.8. The number of methoxy groups -OCH3 is 2. The van der Waals surface area contributed by atoms with E-state index >= 15 is 0 Å². The number of carboxylic acids is 1. The molecule has 150 valence electrons. The molecular formula is C20H19N3O6. The van der Waals surface area contributed by atoms with Gasteiger partial charge in [0.1, 0.15) is 6.54 Å². The van der Waals surface area contributed by atoms with Crippen molar-refractivity contribution in [2.45, 2.75) is 12.6 Å². The van der Waals surface area contributed by atoms with Gasteiger partial charge in [0.15, 0.2) is 17.5 Å². The average molecular weight is 397 g/mol. The van der Waals surface area contributed by atoms with Crippen LogP contribution in [0.3, 0.4) is 0 Å². The number of hydrogen-bond acceptors (Lipinski definition) is 6. The number of benzene rings is 2. The average Bonchev–Trinajstić information content (AvgIpc) is 2.73. The van der Waals surface area contributed by atoms with E-state index in [4.69, 9.17) is 9.47 Å². The van der Waals surface area contributed by atoms with Gasteiger partial charge in [-0.3, -0.25) is 9.59 Å². The molecule has 9 nitrogen and oxygen atoms in total. The summed E-state index contributed by atoms with van der Waals surface area (Å²) in [4.78, 5) is 36.9. The lowest BCUT2D eigenvalue weighted by Crippen LogP contribution is -2.38. The fourth-order valence-corrected chi connectivity index (χ4v) is 2.97. The summed E-state index contributed by atoms with van der Waals surface area (Å²) in [5, 5.41) is 16.6. The van der Waals surface area contributed by atoms with Crippen molar-refractivity contribution in [3.05, 3.63) is 64.6 Å². The van der Waals surface area contributed by atoms with Crippen LogP contribution < -0.4 is 20.3 Å². The number of rotatable bonds is 7. The highest BCUT2D eigenvalue weighted by atomic mass is 16.5. The summed E-state index contributed by atoms with van der Waals surface area (Å²) >= 11 is 0. The van der Waals surface area contributed by atoms with Crippen LogP contribution in [-0.2, 0) is 16.1 Å². The van der Waals surface area contributed by atoms with Crippen molar-refractivity contribution < 1.29 is 24.2 Å². The Labute approximate surface area is 165 Å². The first-order valence-corrected chi connectivity index (χ1v) is 8.64. The molecule has 0 aliphatic heterocycles. The van der Waals surface area contributed by atoms with Crippen molar-refractivity contribution in [3.63, 3.8) is 0 Å². The third kappa shape index (κ3) is 4.03. The van der Waals surface area contributed by atoms with Gasteiger partial charge in [0.2, 0.25) is 5.91 Å². The van der Waals surface area contributed by atoms with E-state index in [0.717, 1.165) is 4.68 Å². The van der Waals surface area contributed by atoms with Gasteiger partial charge in [0.25, 0.3) is 5.56 Å². The Hall–Kier alpha value is -3.88. The molecule has 3 rings (SSSR count). The van der Waals surface area contributed by atoms with Crippen molar-refractivity contribution in [2.75, 3.05) is 14.2 Å². The maximum atomic E-state index is 12.9. The van der Waals surface area contributed by atoms with E-state index in [9.17, 15) is 19.5 Å². The lowest BCUT2D eigenvalue weighted by molar-refractivity contribution is -0.142. The van der Waals surface area contributed by atoms with Crippen LogP contribution in [0.5, 0.6) is 11.5 Å². The molecule has 29 heavy (non-hydrogen) atoms.